The molecular weight excluding hydrogens is 372 g/mol. The van der Waals surface area contributed by atoms with E-state index in [-0.39, 0.29) is 5.78 Å². The van der Waals surface area contributed by atoms with Crippen LogP contribution in [0.4, 0.5) is 0 Å². The number of thioether (sulfide) groups is 2. The number of hydrogen-bond donors (Lipinski definition) is 0. The fourth-order valence-corrected chi connectivity index (χ4v) is 4.14. The van der Waals surface area contributed by atoms with Crippen LogP contribution in [0, 0.1) is 11.5 Å². The Labute approximate surface area is 166 Å². The standard InChI is InChI=1S/C22H16N2OS2/c23-16-24-22(27-15-17-7-2-1-3-8-17)26-14-13-21(25)20-12-6-10-18-9-4-5-11-19(18)20/h1-14H,15H2/b14-13+,24-22?. The van der Waals surface area contributed by atoms with Gasteiger partial charge in [-0.1, -0.05) is 96.3 Å². The van der Waals surface area contributed by atoms with Crippen LogP contribution in [0.3, 0.4) is 0 Å². The van der Waals surface area contributed by atoms with Crippen molar-refractivity contribution in [3.05, 3.63) is 95.4 Å². The number of nitriles is 1. The maximum atomic E-state index is 12.6. The SMILES string of the molecule is N#CN=C(S/C=C/C(=O)c1cccc2ccccc12)SCc1ccccc1. The molecule has 3 aromatic rings. The number of carbonyl (C=O) groups is 1. The van der Waals surface area contributed by atoms with Crippen molar-refractivity contribution in [1.29, 1.82) is 5.26 Å². The van der Waals surface area contributed by atoms with E-state index >= 15 is 0 Å². The zero-order valence-corrected chi connectivity index (χ0v) is 16.0. The van der Waals surface area contributed by atoms with E-state index in [0.717, 1.165) is 22.1 Å². The van der Waals surface area contributed by atoms with Crippen molar-refractivity contribution in [1.82, 2.24) is 0 Å². The van der Waals surface area contributed by atoms with Crippen LogP contribution in [-0.4, -0.2) is 10.2 Å². The first-order chi connectivity index (χ1) is 13.3. The Bertz CT molecular complexity index is 1030. The molecule has 0 N–H and O–H groups in total. The molecule has 0 saturated heterocycles. The summed E-state index contributed by atoms with van der Waals surface area (Å²) in [6.45, 7) is 0. The molecule has 0 heterocycles. The molecule has 0 saturated carbocycles. The van der Waals surface area contributed by atoms with E-state index in [1.54, 1.807) is 5.41 Å². The summed E-state index contributed by atoms with van der Waals surface area (Å²) in [6, 6.07) is 23.5. The summed E-state index contributed by atoms with van der Waals surface area (Å²) in [7, 11) is 0. The molecule has 0 aliphatic heterocycles. The van der Waals surface area contributed by atoms with Crippen LogP contribution in [0.5, 0.6) is 0 Å². The molecule has 0 aromatic heterocycles. The van der Waals surface area contributed by atoms with Gasteiger partial charge in [-0.05, 0) is 27.8 Å². The van der Waals surface area contributed by atoms with Gasteiger partial charge in [-0.2, -0.15) is 10.3 Å². The summed E-state index contributed by atoms with van der Waals surface area (Å²) in [4.78, 5) is 16.4. The minimum atomic E-state index is -0.0660. The fourth-order valence-electron chi connectivity index (χ4n) is 2.54. The molecule has 3 rings (SSSR count). The Kier molecular flexibility index (Phi) is 6.86. The van der Waals surface area contributed by atoms with Gasteiger partial charge in [0.25, 0.3) is 0 Å². The molecule has 0 aliphatic rings. The molecule has 27 heavy (non-hydrogen) atoms. The highest BCUT2D eigenvalue weighted by Gasteiger charge is 2.07. The van der Waals surface area contributed by atoms with E-state index in [9.17, 15) is 4.79 Å². The fraction of sp³-hybridized carbons (Fsp3) is 0.0455. The van der Waals surface area contributed by atoms with Crippen LogP contribution in [0.2, 0.25) is 0 Å². The molecule has 0 radical (unpaired) electrons. The summed E-state index contributed by atoms with van der Waals surface area (Å²) in [5.74, 6) is 0.656. The molecule has 0 amide bonds. The number of nitrogens with zero attached hydrogens (tertiary/aromatic N) is 2. The molecule has 3 aromatic carbocycles. The maximum Gasteiger partial charge on any atom is 0.207 e. The average Bonchev–Trinajstić information content (AvgIpc) is 2.72. The van der Waals surface area contributed by atoms with Crippen molar-refractivity contribution in [3.63, 3.8) is 0 Å². The summed E-state index contributed by atoms with van der Waals surface area (Å²) in [5, 5.41) is 12.5. The Morgan fingerprint density at radius 3 is 2.56 bits per heavy atom. The van der Waals surface area contributed by atoms with Gasteiger partial charge in [-0.15, -0.1) is 0 Å². The number of aliphatic imine (C=N–C) groups is 1. The molecule has 0 atom stereocenters. The summed E-state index contributed by atoms with van der Waals surface area (Å²) in [6.07, 6.45) is 3.36. The number of fused-ring (bicyclic) bond motifs is 1. The zero-order valence-electron chi connectivity index (χ0n) is 14.4. The van der Waals surface area contributed by atoms with Crippen molar-refractivity contribution >= 4 is 44.5 Å². The molecular formula is C22H16N2OS2. The lowest BCUT2D eigenvalue weighted by Gasteiger charge is -2.03. The van der Waals surface area contributed by atoms with Crippen LogP contribution in [-0.2, 0) is 5.75 Å². The third kappa shape index (κ3) is 5.33. The van der Waals surface area contributed by atoms with Gasteiger partial charge in [0, 0.05) is 11.3 Å². The Hall–Kier alpha value is -2.81. The quantitative estimate of drug-likeness (QED) is 0.176. The van der Waals surface area contributed by atoms with Crippen LogP contribution in [0.25, 0.3) is 10.8 Å². The molecule has 0 fully saturated rings. The van der Waals surface area contributed by atoms with Gasteiger partial charge in [0.05, 0.1) is 0 Å². The second-order valence-corrected chi connectivity index (χ2v) is 7.68. The van der Waals surface area contributed by atoms with Crippen molar-refractivity contribution < 1.29 is 4.79 Å². The average molecular weight is 389 g/mol. The van der Waals surface area contributed by atoms with E-state index in [0.29, 0.717) is 9.94 Å². The topological polar surface area (TPSA) is 53.2 Å². The van der Waals surface area contributed by atoms with Crippen LogP contribution in [0.1, 0.15) is 15.9 Å². The third-order valence-electron chi connectivity index (χ3n) is 3.79. The molecule has 0 bridgehead atoms. The Morgan fingerprint density at radius 2 is 1.74 bits per heavy atom. The first kappa shape index (κ1) is 19.0. The molecule has 0 aliphatic carbocycles. The lowest BCUT2D eigenvalue weighted by molar-refractivity contribution is 0.104. The molecule has 0 unspecified atom stereocenters. The molecule has 132 valence electrons. The minimum Gasteiger partial charge on any atom is -0.289 e. The van der Waals surface area contributed by atoms with Crippen molar-refractivity contribution in [2.45, 2.75) is 5.75 Å². The van der Waals surface area contributed by atoms with E-state index in [1.807, 2.05) is 79.0 Å². The number of carbonyl (C=O) groups excluding carboxylic acids is 1. The summed E-state index contributed by atoms with van der Waals surface area (Å²) < 4.78 is 0.614. The highest BCUT2D eigenvalue weighted by molar-refractivity contribution is 8.39. The van der Waals surface area contributed by atoms with E-state index in [2.05, 4.69) is 4.99 Å². The smallest absolute Gasteiger partial charge is 0.207 e. The number of rotatable bonds is 5. The van der Waals surface area contributed by atoms with Crippen LogP contribution in [0.15, 0.2) is 89.3 Å². The minimum absolute atomic E-state index is 0.0660. The third-order valence-corrected chi connectivity index (χ3v) is 5.81. The Morgan fingerprint density at radius 1 is 1.00 bits per heavy atom. The normalized spacial score (nSPS) is 11.6. The van der Waals surface area contributed by atoms with Gasteiger partial charge < -0.3 is 0 Å². The van der Waals surface area contributed by atoms with Crippen molar-refractivity contribution in [3.8, 4) is 6.19 Å². The van der Waals surface area contributed by atoms with E-state index in [1.165, 1.54) is 29.6 Å². The van der Waals surface area contributed by atoms with Gasteiger partial charge in [-0.3, -0.25) is 4.79 Å². The monoisotopic (exact) mass is 388 g/mol. The number of allylic oxidation sites excluding steroid dienone is 1. The van der Waals surface area contributed by atoms with Gasteiger partial charge >= 0.3 is 0 Å². The van der Waals surface area contributed by atoms with E-state index in [4.69, 9.17) is 5.26 Å². The highest BCUT2D eigenvalue weighted by Crippen LogP contribution is 2.24. The van der Waals surface area contributed by atoms with Gasteiger partial charge in [0.2, 0.25) is 6.19 Å². The second-order valence-electron chi connectivity index (χ2n) is 5.56. The predicted octanol–water partition coefficient (Wildman–Crippen LogP) is 6.04. The number of benzene rings is 3. The van der Waals surface area contributed by atoms with Crippen LogP contribution < -0.4 is 0 Å². The van der Waals surface area contributed by atoms with Crippen molar-refractivity contribution in [2.75, 3.05) is 0 Å². The van der Waals surface area contributed by atoms with Gasteiger partial charge in [-0.25, -0.2) is 0 Å². The van der Waals surface area contributed by atoms with E-state index < -0.39 is 0 Å². The van der Waals surface area contributed by atoms with Crippen LogP contribution >= 0.6 is 23.5 Å². The largest absolute Gasteiger partial charge is 0.289 e. The molecule has 3 nitrogen and oxygen atoms in total. The maximum absolute atomic E-state index is 12.6. The van der Waals surface area contributed by atoms with Gasteiger partial charge in [0.15, 0.2) is 5.78 Å². The summed E-state index contributed by atoms with van der Waals surface area (Å²) >= 11 is 2.76. The highest BCUT2D eigenvalue weighted by atomic mass is 32.2. The summed E-state index contributed by atoms with van der Waals surface area (Å²) in [5.41, 5.74) is 1.82. The lowest BCUT2D eigenvalue weighted by atomic mass is 10.0. The number of ketones is 1. The first-order valence-electron chi connectivity index (χ1n) is 8.27. The number of hydrogen-bond acceptors (Lipinski definition) is 5. The zero-order chi connectivity index (χ0) is 18.9. The predicted molar refractivity (Wildman–Crippen MR) is 116 cm³/mol. The van der Waals surface area contributed by atoms with Crippen molar-refractivity contribution in [2.24, 2.45) is 4.99 Å². The second kappa shape index (κ2) is 9.77. The lowest BCUT2D eigenvalue weighted by Crippen LogP contribution is -1.95. The molecule has 0 spiro atoms. The first-order valence-corrected chi connectivity index (χ1v) is 10.1. The Balaban J connectivity index is 1.66. The molecule has 5 heteroatoms. The van der Waals surface area contributed by atoms with Gasteiger partial charge in [0.1, 0.15) is 4.38 Å².